The van der Waals surface area contributed by atoms with Crippen molar-refractivity contribution in [1.29, 1.82) is 0 Å². The molecule has 0 saturated heterocycles. The number of carbonyl (C=O) groups excluding carboxylic acids is 1. The Morgan fingerprint density at radius 2 is 1.94 bits per heavy atom. The van der Waals surface area contributed by atoms with E-state index < -0.39 is 24.4 Å². The highest BCUT2D eigenvalue weighted by Crippen LogP contribution is 2.39. The van der Waals surface area contributed by atoms with Crippen LogP contribution in [0.5, 0.6) is 11.5 Å². The van der Waals surface area contributed by atoms with Crippen LogP contribution in [0.1, 0.15) is 34.4 Å². The number of thiocarbonyl (C=S) groups is 1. The summed E-state index contributed by atoms with van der Waals surface area (Å²) in [5.41, 5.74) is 6.58. The summed E-state index contributed by atoms with van der Waals surface area (Å²) in [6, 6.07) is 12.8. The SMILES string of the molecule is COc1ccc(NC(=S)NNC(=O)c2cnn3c2N[C@H](c2ccccc2)C[C@H]3C(F)F)c(OC)c1. The van der Waals surface area contributed by atoms with Crippen molar-refractivity contribution in [3.05, 3.63) is 65.9 Å². The van der Waals surface area contributed by atoms with Crippen molar-refractivity contribution >= 4 is 34.7 Å². The molecular formula is C23H24F2N6O3S. The van der Waals surface area contributed by atoms with Crippen molar-refractivity contribution in [2.45, 2.75) is 24.9 Å². The minimum absolute atomic E-state index is 0.0865. The molecule has 0 bridgehead atoms. The van der Waals surface area contributed by atoms with Gasteiger partial charge in [0.05, 0.1) is 32.1 Å². The van der Waals surface area contributed by atoms with Gasteiger partial charge in [-0.15, -0.1) is 0 Å². The lowest BCUT2D eigenvalue weighted by Gasteiger charge is -2.32. The van der Waals surface area contributed by atoms with Crippen molar-refractivity contribution in [3.8, 4) is 11.5 Å². The van der Waals surface area contributed by atoms with Crippen molar-refractivity contribution in [2.24, 2.45) is 0 Å². The molecule has 0 radical (unpaired) electrons. The number of rotatable bonds is 6. The van der Waals surface area contributed by atoms with Gasteiger partial charge in [-0.05, 0) is 36.3 Å². The number of benzene rings is 2. The molecule has 2 atom stereocenters. The van der Waals surface area contributed by atoms with Gasteiger partial charge in [0.25, 0.3) is 12.3 Å². The number of nitrogens with zero attached hydrogens (tertiary/aromatic N) is 2. The number of alkyl halides is 2. The van der Waals surface area contributed by atoms with E-state index in [9.17, 15) is 13.6 Å². The number of amides is 1. The molecule has 0 saturated carbocycles. The highest BCUT2D eigenvalue weighted by atomic mass is 32.1. The number of hydrazine groups is 1. The highest BCUT2D eigenvalue weighted by molar-refractivity contribution is 7.80. The van der Waals surface area contributed by atoms with Crippen LogP contribution < -0.4 is 31.0 Å². The lowest BCUT2D eigenvalue weighted by atomic mass is 9.97. The second kappa shape index (κ2) is 10.6. The largest absolute Gasteiger partial charge is 0.497 e. The fraction of sp³-hybridized carbons (Fsp3) is 0.261. The number of halogens is 2. The molecule has 1 aliphatic heterocycles. The Bertz CT molecular complexity index is 1210. The molecule has 4 N–H and O–H groups in total. The van der Waals surface area contributed by atoms with Crippen LogP contribution in [-0.2, 0) is 0 Å². The summed E-state index contributed by atoms with van der Waals surface area (Å²) in [5.74, 6) is 0.713. The third-order valence-corrected chi connectivity index (χ3v) is 5.79. The summed E-state index contributed by atoms with van der Waals surface area (Å²) >= 11 is 5.25. The molecule has 12 heteroatoms. The van der Waals surface area contributed by atoms with Gasteiger partial charge in [-0.25, -0.2) is 13.5 Å². The number of nitrogens with one attached hydrogen (secondary N) is 4. The Balaban J connectivity index is 1.46. The topological polar surface area (TPSA) is 101 Å². The average Bonchev–Trinajstić information content (AvgIpc) is 3.31. The molecule has 0 fully saturated rings. The molecule has 2 heterocycles. The zero-order chi connectivity index (χ0) is 24.9. The molecule has 1 amide bonds. The number of ether oxygens (including phenoxy) is 2. The van der Waals surface area contributed by atoms with E-state index in [-0.39, 0.29) is 22.9 Å². The summed E-state index contributed by atoms with van der Waals surface area (Å²) in [7, 11) is 3.04. The second-order valence-corrected chi connectivity index (χ2v) is 8.10. The predicted molar refractivity (Wildman–Crippen MR) is 131 cm³/mol. The molecule has 0 unspecified atom stereocenters. The predicted octanol–water partition coefficient (Wildman–Crippen LogP) is 3.89. The number of hydrogen-bond donors (Lipinski definition) is 4. The first kappa shape index (κ1) is 24.2. The molecule has 2 aromatic carbocycles. The first-order valence-corrected chi connectivity index (χ1v) is 11.1. The van der Waals surface area contributed by atoms with Crippen LogP contribution in [0.15, 0.2) is 54.7 Å². The van der Waals surface area contributed by atoms with Gasteiger partial charge in [-0.1, -0.05) is 30.3 Å². The summed E-state index contributed by atoms with van der Waals surface area (Å²) < 4.78 is 39.3. The van der Waals surface area contributed by atoms with Gasteiger partial charge in [0.2, 0.25) is 0 Å². The molecule has 184 valence electrons. The fourth-order valence-corrected chi connectivity index (χ4v) is 4.00. The molecule has 1 aliphatic rings. The number of methoxy groups -OCH3 is 2. The molecule has 35 heavy (non-hydrogen) atoms. The van der Waals surface area contributed by atoms with Gasteiger partial charge in [0.15, 0.2) is 5.11 Å². The van der Waals surface area contributed by atoms with E-state index in [0.29, 0.717) is 17.2 Å². The van der Waals surface area contributed by atoms with Gasteiger partial charge in [-0.3, -0.25) is 15.6 Å². The quantitative estimate of drug-likeness (QED) is 0.298. The highest BCUT2D eigenvalue weighted by Gasteiger charge is 2.36. The molecule has 4 rings (SSSR count). The number of carbonyl (C=O) groups is 1. The molecular weight excluding hydrogens is 478 g/mol. The van der Waals surface area contributed by atoms with E-state index in [1.165, 1.54) is 13.3 Å². The average molecular weight is 503 g/mol. The normalized spacial score (nSPS) is 16.6. The van der Waals surface area contributed by atoms with Crippen LogP contribution in [0.2, 0.25) is 0 Å². The number of hydrogen-bond acceptors (Lipinski definition) is 6. The first-order valence-electron chi connectivity index (χ1n) is 10.7. The lowest BCUT2D eigenvalue weighted by Crippen LogP contribution is -2.44. The monoisotopic (exact) mass is 502 g/mol. The van der Waals surface area contributed by atoms with Crippen LogP contribution in [0.3, 0.4) is 0 Å². The minimum Gasteiger partial charge on any atom is -0.497 e. The van der Waals surface area contributed by atoms with Gasteiger partial charge >= 0.3 is 0 Å². The number of anilines is 2. The van der Waals surface area contributed by atoms with Crippen molar-refractivity contribution < 1.29 is 23.0 Å². The fourth-order valence-electron chi connectivity index (χ4n) is 3.84. The summed E-state index contributed by atoms with van der Waals surface area (Å²) in [5, 5.41) is 10.2. The Morgan fingerprint density at radius 3 is 2.63 bits per heavy atom. The third-order valence-electron chi connectivity index (χ3n) is 5.58. The number of fused-ring (bicyclic) bond motifs is 1. The Morgan fingerprint density at radius 1 is 1.17 bits per heavy atom. The number of aromatic nitrogens is 2. The Labute approximate surface area is 205 Å². The summed E-state index contributed by atoms with van der Waals surface area (Å²) in [6.45, 7) is 0. The summed E-state index contributed by atoms with van der Waals surface area (Å²) in [6.07, 6.45) is -1.26. The van der Waals surface area contributed by atoms with E-state index in [2.05, 4.69) is 26.6 Å². The Hall–Kier alpha value is -3.93. The molecule has 0 spiro atoms. The second-order valence-electron chi connectivity index (χ2n) is 7.70. The van der Waals surface area contributed by atoms with Gasteiger partial charge < -0.3 is 20.1 Å². The first-order chi connectivity index (χ1) is 16.9. The maximum atomic E-state index is 13.8. The van der Waals surface area contributed by atoms with Crippen LogP contribution in [0, 0.1) is 0 Å². The summed E-state index contributed by atoms with van der Waals surface area (Å²) in [4.78, 5) is 12.9. The van der Waals surface area contributed by atoms with Crippen LogP contribution in [-0.4, -0.2) is 41.4 Å². The van der Waals surface area contributed by atoms with Crippen LogP contribution >= 0.6 is 12.2 Å². The lowest BCUT2D eigenvalue weighted by molar-refractivity contribution is 0.0656. The molecule has 9 nitrogen and oxygen atoms in total. The van der Waals surface area contributed by atoms with Crippen molar-refractivity contribution in [2.75, 3.05) is 24.9 Å². The van der Waals surface area contributed by atoms with E-state index in [0.717, 1.165) is 10.2 Å². The van der Waals surface area contributed by atoms with Gasteiger partial charge in [0, 0.05) is 6.07 Å². The van der Waals surface area contributed by atoms with E-state index in [1.807, 2.05) is 30.3 Å². The van der Waals surface area contributed by atoms with Crippen molar-refractivity contribution in [1.82, 2.24) is 20.6 Å². The van der Waals surface area contributed by atoms with Crippen LogP contribution in [0.25, 0.3) is 0 Å². The zero-order valence-corrected chi connectivity index (χ0v) is 19.7. The maximum absolute atomic E-state index is 13.8. The zero-order valence-electron chi connectivity index (χ0n) is 18.9. The van der Waals surface area contributed by atoms with E-state index >= 15 is 0 Å². The van der Waals surface area contributed by atoms with Crippen molar-refractivity contribution in [3.63, 3.8) is 0 Å². The third kappa shape index (κ3) is 5.27. The van der Waals surface area contributed by atoms with Gasteiger partial charge in [0.1, 0.15) is 28.9 Å². The standard InChI is InChI=1S/C23H24F2N6O3S/c1-33-14-8-9-16(19(10-14)34-2)28-23(35)30-29-22(32)15-12-26-31-18(20(24)25)11-17(27-21(15)31)13-6-4-3-5-7-13/h3-10,12,17-18,20,27H,11H2,1-2H3,(H,29,32)(H2,28,30,35)/t17-,18-/m0/s1. The van der Waals surface area contributed by atoms with E-state index in [1.54, 1.807) is 25.3 Å². The van der Waals surface area contributed by atoms with Crippen LogP contribution in [0.4, 0.5) is 20.3 Å². The van der Waals surface area contributed by atoms with E-state index in [4.69, 9.17) is 21.7 Å². The Kier molecular flexibility index (Phi) is 7.30. The smallest absolute Gasteiger partial charge is 0.275 e. The minimum atomic E-state index is -2.65. The van der Waals surface area contributed by atoms with Gasteiger partial charge in [-0.2, -0.15) is 5.10 Å². The molecule has 0 aliphatic carbocycles. The maximum Gasteiger partial charge on any atom is 0.275 e. The molecule has 3 aromatic rings. The molecule has 1 aromatic heterocycles.